The van der Waals surface area contributed by atoms with Crippen LogP contribution in [-0.2, 0) is 0 Å². The lowest BCUT2D eigenvalue weighted by molar-refractivity contribution is 0.0718. The van der Waals surface area contributed by atoms with Crippen LogP contribution >= 0.6 is 0 Å². The molecular weight excluding hydrogens is 268 g/mol. The number of amides is 1. The van der Waals surface area contributed by atoms with Crippen LogP contribution in [-0.4, -0.2) is 39.6 Å². The fraction of sp³-hybridized carbons (Fsp3) is 0.533. The van der Waals surface area contributed by atoms with Gasteiger partial charge >= 0.3 is 0 Å². The number of hydrogen-bond acceptors (Lipinski definition) is 4. The minimum Gasteiger partial charge on any atom is -0.396 e. The van der Waals surface area contributed by atoms with Crippen LogP contribution in [0.2, 0.25) is 0 Å². The number of aliphatic hydroxyl groups is 1. The second-order valence-corrected chi connectivity index (χ2v) is 5.93. The van der Waals surface area contributed by atoms with Crippen LogP contribution in [0.15, 0.2) is 18.2 Å². The van der Waals surface area contributed by atoms with Crippen LogP contribution in [0.4, 0.5) is 0 Å². The lowest BCUT2D eigenvalue weighted by Crippen LogP contribution is -2.41. The maximum absolute atomic E-state index is 12.3. The van der Waals surface area contributed by atoms with Gasteiger partial charge in [-0.25, -0.2) is 0 Å². The quantitative estimate of drug-likeness (QED) is 0.797. The molecule has 1 aliphatic carbocycles. The topological polar surface area (TPSA) is 90.9 Å². The highest BCUT2D eigenvalue weighted by Crippen LogP contribution is 2.35. The van der Waals surface area contributed by atoms with Crippen LogP contribution in [0.1, 0.15) is 42.5 Å². The standard InChI is InChI=1S/C15H20N4O2/c20-10-15(6-2-1-3-7-15)9-16-14(21)11-4-5-12-13(8-11)18-19-17-12/h4-5,8,20H,1-3,6-7,9-10H2,(H,16,21)(H,17,18,19). The summed E-state index contributed by atoms with van der Waals surface area (Å²) in [6, 6.07) is 5.24. The van der Waals surface area contributed by atoms with Gasteiger partial charge in [-0.15, -0.1) is 0 Å². The van der Waals surface area contributed by atoms with Crippen LogP contribution < -0.4 is 5.32 Å². The van der Waals surface area contributed by atoms with Crippen molar-refractivity contribution in [2.75, 3.05) is 13.2 Å². The number of aromatic nitrogens is 3. The summed E-state index contributed by atoms with van der Waals surface area (Å²) < 4.78 is 0. The number of nitrogens with one attached hydrogen (secondary N) is 2. The Bertz CT molecular complexity index is 631. The van der Waals surface area contributed by atoms with E-state index < -0.39 is 0 Å². The van der Waals surface area contributed by atoms with Gasteiger partial charge in [0.25, 0.3) is 5.91 Å². The molecule has 1 saturated carbocycles. The number of fused-ring (bicyclic) bond motifs is 1. The Morgan fingerprint density at radius 1 is 1.24 bits per heavy atom. The van der Waals surface area contributed by atoms with Gasteiger partial charge < -0.3 is 10.4 Å². The normalized spacial score (nSPS) is 17.8. The van der Waals surface area contributed by atoms with E-state index >= 15 is 0 Å². The van der Waals surface area contributed by atoms with Crippen molar-refractivity contribution in [1.29, 1.82) is 0 Å². The van der Waals surface area contributed by atoms with E-state index in [-0.39, 0.29) is 17.9 Å². The van der Waals surface area contributed by atoms with E-state index in [1.54, 1.807) is 18.2 Å². The highest BCUT2D eigenvalue weighted by molar-refractivity contribution is 5.97. The third-order valence-corrected chi connectivity index (χ3v) is 4.45. The molecule has 0 saturated heterocycles. The number of aliphatic hydroxyl groups excluding tert-OH is 1. The summed E-state index contributed by atoms with van der Waals surface area (Å²) in [5.74, 6) is -0.127. The number of nitrogens with zero attached hydrogens (tertiary/aromatic N) is 2. The molecule has 3 N–H and O–H groups in total. The average Bonchev–Trinajstić information content (AvgIpc) is 3.01. The summed E-state index contributed by atoms with van der Waals surface area (Å²) in [5, 5.41) is 23.1. The molecule has 6 nitrogen and oxygen atoms in total. The Kier molecular flexibility index (Phi) is 3.88. The first kappa shape index (κ1) is 14.0. The van der Waals surface area contributed by atoms with E-state index in [1.807, 2.05) is 0 Å². The lowest BCUT2D eigenvalue weighted by atomic mass is 9.74. The van der Waals surface area contributed by atoms with Crippen LogP contribution in [0.3, 0.4) is 0 Å². The first-order chi connectivity index (χ1) is 10.2. The molecule has 0 atom stereocenters. The van der Waals surface area contributed by atoms with E-state index in [4.69, 9.17) is 0 Å². The number of H-pyrrole nitrogens is 1. The Morgan fingerprint density at radius 3 is 2.76 bits per heavy atom. The molecule has 0 unspecified atom stereocenters. The molecule has 1 aromatic carbocycles. The van der Waals surface area contributed by atoms with Crippen molar-refractivity contribution in [3.8, 4) is 0 Å². The lowest BCUT2D eigenvalue weighted by Gasteiger charge is -2.35. The van der Waals surface area contributed by atoms with Crippen molar-refractivity contribution in [3.63, 3.8) is 0 Å². The average molecular weight is 288 g/mol. The summed E-state index contributed by atoms with van der Waals surface area (Å²) >= 11 is 0. The van der Waals surface area contributed by atoms with Crippen molar-refractivity contribution in [2.45, 2.75) is 32.1 Å². The molecule has 0 bridgehead atoms. The highest BCUT2D eigenvalue weighted by atomic mass is 16.3. The molecule has 1 aromatic heterocycles. The van der Waals surface area contributed by atoms with Gasteiger partial charge in [0.1, 0.15) is 11.0 Å². The number of carbonyl (C=O) groups is 1. The molecule has 2 aromatic rings. The van der Waals surface area contributed by atoms with Crippen LogP contribution in [0.5, 0.6) is 0 Å². The maximum atomic E-state index is 12.3. The predicted molar refractivity (Wildman–Crippen MR) is 78.8 cm³/mol. The largest absolute Gasteiger partial charge is 0.396 e. The molecule has 6 heteroatoms. The molecule has 112 valence electrons. The molecule has 0 spiro atoms. The van der Waals surface area contributed by atoms with Crippen LogP contribution in [0.25, 0.3) is 11.0 Å². The van der Waals surface area contributed by atoms with Gasteiger partial charge in [-0.1, -0.05) is 19.3 Å². The molecule has 1 aliphatic rings. The van der Waals surface area contributed by atoms with Gasteiger partial charge in [0.05, 0.1) is 6.61 Å². The van der Waals surface area contributed by atoms with Crippen molar-refractivity contribution >= 4 is 16.9 Å². The number of benzene rings is 1. The smallest absolute Gasteiger partial charge is 0.251 e. The second kappa shape index (κ2) is 5.81. The Hall–Kier alpha value is -1.95. The van der Waals surface area contributed by atoms with E-state index in [2.05, 4.69) is 20.7 Å². The molecule has 21 heavy (non-hydrogen) atoms. The first-order valence-electron chi connectivity index (χ1n) is 7.42. The fourth-order valence-electron chi connectivity index (χ4n) is 3.04. The number of rotatable bonds is 4. The minimum atomic E-state index is -0.147. The zero-order valence-electron chi connectivity index (χ0n) is 11.9. The third kappa shape index (κ3) is 2.90. The Labute approximate surface area is 122 Å². The SMILES string of the molecule is O=C(NCC1(CO)CCCCC1)c1ccc2n[nH]nc2c1. The third-order valence-electron chi connectivity index (χ3n) is 4.45. The molecule has 0 radical (unpaired) electrons. The van der Waals surface area contributed by atoms with E-state index in [0.717, 1.165) is 31.2 Å². The number of aromatic amines is 1. The van der Waals surface area contributed by atoms with Gasteiger partial charge in [-0.3, -0.25) is 4.79 Å². The van der Waals surface area contributed by atoms with Crippen molar-refractivity contribution < 1.29 is 9.90 Å². The predicted octanol–water partition coefficient (Wildman–Crippen LogP) is 1.63. The molecule has 1 heterocycles. The van der Waals surface area contributed by atoms with E-state index in [1.165, 1.54) is 6.42 Å². The summed E-state index contributed by atoms with van der Waals surface area (Å²) in [6.45, 7) is 0.661. The number of carbonyl (C=O) groups excluding carboxylic acids is 1. The summed E-state index contributed by atoms with van der Waals surface area (Å²) in [4.78, 5) is 12.3. The molecular formula is C15H20N4O2. The van der Waals surface area contributed by atoms with Gasteiger partial charge in [-0.2, -0.15) is 15.4 Å². The highest BCUT2D eigenvalue weighted by Gasteiger charge is 2.31. The summed E-state index contributed by atoms with van der Waals surface area (Å²) in [7, 11) is 0. The summed E-state index contributed by atoms with van der Waals surface area (Å²) in [5.41, 5.74) is 1.84. The van der Waals surface area contributed by atoms with Gasteiger partial charge in [0.15, 0.2) is 0 Å². The Morgan fingerprint density at radius 2 is 2.00 bits per heavy atom. The van der Waals surface area contributed by atoms with E-state index in [9.17, 15) is 9.90 Å². The monoisotopic (exact) mass is 288 g/mol. The van der Waals surface area contributed by atoms with Crippen molar-refractivity contribution in [2.24, 2.45) is 5.41 Å². The second-order valence-electron chi connectivity index (χ2n) is 5.93. The van der Waals surface area contributed by atoms with Gasteiger partial charge in [0.2, 0.25) is 0 Å². The zero-order chi connectivity index (χ0) is 14.7. The number of hydrogen-bond donors (Lipinski definition) is 3. The zero-order valence-corrected chi connectivity index (χ0v) is 11.9. The van der Waals surface area contributed by atoms with E-state index in [0.29, 0.717) is 17.6 Å². The minimum absolute atomic E-state index is 0.127. The van der Waals surface area contributed by atoms with Crippen LogP contribution in [0, 0.1) is 5.41 Å². The van der Waals surface area contributed by atoms with Gasteiger partial charge in [0, 0.05) is 17.5 Å². The van der Waals surface area contributed by atoms with Crippen molar-refractivity contribution in [1.82, 2.24) is 20.7 Å². The summed E-state index contributed by atoms with van der Waals surface area (Å²) in [6.07, 6.45) is 5.43. The van der Waals surface area contributed by atoms with Crippen molar-refractivity contribution in [3.05, 3.63) is 23.8 Å². The first-order valence-corrected chi connectivity index (χ1v) is 7.42. The molecule has 3 rings (SSSR count). The molecule has 0 aliphatic heterocycles. The Balaban J connectivity index is 1.67. The molecule has 1 fully saturated rings. The van der Waals surface area contributed by atoms with Gasteiger partial charge in [-0.05, 0) is 31.0 Å². The molecule has 1 amide bonds. The maximum Gasteiger partial charge on any atom is 0.251 e. The fourth-order valence-corrected chi connectivity index (χ4v) is 3.04.